The Morgan fingerprint density at radius 3 is 2.96 bits per heavy atom. The van der Waals surface area contributed by atoms with Crippen molar-refractivity contribution in [3.8, 4) is 0 Å². The van der Waals surface area contributed by atoms with E-state index in [1.54, 1.807) is 11.3 Å². The molecule has 2 aliphatic heterocycles. The number of nitrogens with one attached hydrogen (secondary N) is 1. The van der Waals surface area contributed by atoms with Crippen molar-refractivity contribution in [2.45, 2.75) is 37.8 Å². The summed E-state index contributed by atoms with van der Waals surface area (Å²) >= 11 is 1.56. The van der Waals surface area contributed by atoms with Gasteiger partial charge in [0.1, 0.15) is 0 Å². The van der Waals surface area contributed by atoms with E-state index >= 15 is 0 Å². The van der Waals surface area contributed by atoms with E-state index in [4.69, 9.17) is 4.74 Å². The highest BCUT2D eigenvalue weighted by molar-refractivity contribution is 7.10. The van der Waals surface area contributed by atoms with Crippen molar-refractivity contribution < 1.29 is 14.6 Å². The number of halogens is 1. The van der Waals surface area contributed by atoms with Crippen LogP contribution >= 0.6 is 23.7 Å². The number of amides is 1. The molecule has 0 saturated carbocycles. The lowest BCUT2D eigenvalue weighted by atomic mass is 9.93. The second kappa shape index (κ2) is 9.73. The standard InChI is InChI=1S/C17H26N2O3S.ClH/c20-15(16-2-1-9-23-16)11-14-12-22-8-7-19(14)17(21)10-13-3-5-18-6-4-13;/h1-2,9,13-15,18,20H,3-8,10-12H2;1H. The Morgan fingerprint density at radius 1 is 1.46 bits per heavy atom. The average molecular weight is 375 g/mol. The van der Waals surface area contributed by atoms with Gasteiger partial charge in [0, 0.05) is 24.3 Å². The molecule has 136 valence electrons. The number of carbonyl (C=O) groups excluding carboxylic acids is 1. The molecule has 7 heteroatoms. The molecule has 2 unspecified atom stereocenters. The number of nitrogens with zero attached hydrogens (tertiary/aromatic N) is 1. The summed E-state index contributed by atoms with van der Waals surface area (Å²) in [5.41, 5.74) is 0. The van der Waals surface area contributed by atoms with Gasteiger partial charge in [0.25, 0.3) is 0 Å². The summed E-state index contributed by atoms with van der Waals surface area (Å²) in [6.45, 7) is 3.80. The molecule has 2 atom stereocenters. The van der Waals surface area contributed by atoms with Crippen LogP contribution in [0.25, 0.3) is 0 Å². The quantitative estimate of drug-likeness (QED) is 0.829. The lowest BCUT2D eigenvalue weighted by Gasteiger charge is -2.37. The number of aliphatic hydroxyl groups is 1. The number of hydrogen-bond acceptors (Lipinski definition) is 5. The minimum atomic E-state index is -0.518. The minimum absolute atomic E-state index is 0. The van der Waals surface area contributed by atoms with Gasteiger partial charge >= 0.3 is 0 Å². The van der Waals surface area contributed by atoms with Crippen molar-refractivity contribution in [1.29, 1.82) is 0 Å². The zero-order valence-corrected chi connectivity index (χ0v) is 15.5. The number of rotatable bonds is 5. The second-order valence-electron chi connectivity index (χ2n) is 6.48. The highest BCUT2D eigenvalue weighted by Gasteiger charge is 2.31. The average Bonchev–Trinajstić information content (AvgIpc) is 3.11. The second-order valence-corrected chi connectivity index (χ2v) is 7.46. The highest BCUT2D eigenvalue weighted by Crippen LogP contribution is 2.27. The Kier molecular flexibility index (Phi) is 7.97. The molecule has 5 nitrogen and oxygen atoms in total. The lowest BCUT2D eigenvalue weighted by molar-refractivity contribution is -0.142. The molecule has 2 aliphatic rings. The van der Waals surface area contributed by atoms with Crippen molar-refractivity contribution in [2.75, 3.05) is 32.8 Å². The number of piperidine rings is 1. The molecule has 1 aromatic heterocycles. The van der Waals surface area contributed by atoms with E-state index in [-0.39, 0.29) is 24.4 Å². The van der Waals surface area contributed by atoms with Crippen molar-refractivity contribution in [3.05, 3.63) is 22.4 Å². The predicted octanol–water partition coefficient (Wildman–Crippen LogP) is 2.21. The van der Waals surface area contributed by atoms with Crippen LogP contribution < -0.4 is 5.32 Å². The third kappa shape index (κ3) is 5.17. The van der Waals surface area contributed by atoms with Crippen LogP contribution in [-0.2, 0) is 9.53 Å². The summed E-state index contributed by atoms with van der Waals surface area (Å²) in [7, 11) is 0. The molecular formula is C17H27ClN2O3S. The van der Waals surface area contributed by atoms with E-state index in [2.05, 4.69) is 5.32 Å². The van der Waals surface area contributed by atoms with Gasteiger partial charge in [-0.15, -0.1) is 23.7 Å². The molecule has 3 rings (SSSR count). The van der Waals surface area contributed by atoms with Crippen molar-refractivity contribution >= 4 is 29.7 Å². The summed E-state index contributed by atoms with van der Waals surface area (Å²) < 4.78 is 5.56. The molecule has 3 heterocycles. The van der Waals surface area contributed by atoms with Crippen LogP contribution in [0.3, 0.4) is 0 Å². The molecule has 1 amide bonds. The molecule has 1 aromatic rings. The first-order valence-corrected chi connectivity index (χ1v) is 9.41. The molecule has 0 aliphatic carbocycles. The van der Waals surface area contributed by atoms with Crippen LogP contribution in [0.4, 0.5) is 0 Å². The lowest BCUT2D eigenvalue weighted by Crippen LogP contribution is -2.50. The van der Waals surface area contributed by atoms with Gasteiger partial charge in [0.2, 0.25) is 5.91 Å². The smallest absolute Gasteiger partial charge is 0.223 e. The van der Waals surface area contributed by atoms with Gasteiger partial charge in [-0.25, -0.2) is 0 Å². The predicted molar refractivity (Wildman–Crippen MR) is 97.7 cm³/mol. The summed E-state index contributed by atoms with van der Waals surface area (Å²) in [6, 6.07) is 3.87. The van der Waals surface area contributed by atoms with Gasteiger partial charge < -0.3 is 20.1 Å². The van der Waals surface area contributed by atoms with Gasteiger partial charge in [-0.1, -0.05) is 6.07 Å². The number of morpholine rings is 1. The zero-order chi connectivity index (χ0) is 16.1. The number of ether oxygens (including phenoxy) is 1. The molecule has 0 spiro atoms. The van der Waals surface area contributed by atoms with E-state index < -0.39 is 6.10 Å². The first kappa shape index (κ1) is 19.7. The number of carbonyl (C=O) groups is 1. The van der Waals surface area contributed by atoms with E-state index in [1.807, 2.05) is 22.4 Å². The third-order valence-electron chi connectivity index (χ3n) is 4.84. The van der Waals surface area contributed by atoms with Crippen molar-refractivity contribution in [3.63, 3.8) is 0 Å². The van der Waals surface area contributed by atoms with E-state index in [0.717, 1.165) is 30.8 Å². The molecule has 24 heavy (non-hydrogen) atoms. The largest absolute Gasteiger partial charge is 0.387 e. The summed E-state index contributed by atoms with van der Waals surface area (Å²) in [5.74, 6) is 0.720. The van der Waals surface area contributed by atoms with Crippen LogP contribution in [0.1, 0.15) is 36.7 Å². The van der Waals surface area contributed by atoms with Gasteiger partial charge in [0.05, 0.1) is 25.4 Å². The first-order chi connectivity index (χ1) is 11.2. The van der Waals surface area contributed by atoms with Crippen LogP contribution in [0.15, 0.2) is 17.5 Å². The van der Waals surface area contributed by atoms with Crippen LogP contribution in [0.2, 0.25) is 0 Å². The molecule has 0 radical (unpaired) electrons. The molecule has 2 fully saturated rings. The Balaban J connectivity index is 0.00000208. The molecular weight excluding hydrogens is 348 g/mol. The zero-order valence-electron chi connectivity index (χ0n) is 13.9. The maximum absolute atomic E-state index is 12.7. The van der Waals surface area contributed by atoms with Crippen LogP contribution in [-0.4, -0.2) is 54.8 Å². The Labute approximate surface area is 153 Å². The van der Waals surface area contributed by atoms with Crippen LogP contribution in [0.5, 0.6) is 0 Å². The highest BCUT2D eigenvalue weighted by atomic mass is 35.5. The Hall–Kier alpha value is -0.660. The Morgan fingerprint density at radius 2 is 2.25 bits per heavy atom. The van der Waals surface area contributed by atoms with Gasteiger partial charge in [-0.05, 0) is 43.3 Å². The summed E-state index contributed by atoms with van der Waals surface area (Å²) in [6.07, 6.45) is 2.83. The summed E-state index contributed by atoms with van der Waals surface area (Å²) in [4.78, 5) is 15.6. The Bertz CT molecular complexity index is 494. The normalized spacial score (nSPS) is 23.5. The molecule has 0 bridgehead atoms. The van der Waals surface area contributed by atoms with Crippen LogP contribution in [0, 0.1) is 5.92 Å². The number of hydrogen-bond donors (Lipinski definition) is 2. The molecule has 0 aromatic carbocycles. The first-order valence-electron chi connectivity index (χ1n) is 8.53. The fourth-order valence-electron chi connectivity index (χ4n) is 3.48. The maximum atomic E-state index is 12.7. The monoisotopic (exact) mass is 374 g/mol. The third-order valence-corrected chi connectivity index (χ3v) is 5.81. The summed E-state index contributed by atoms with van der Waals surface area (Å²) in [5, 5.41) is 15.7. The van der Waals surface area contributed by atoms with Gasteiger partial charge in [-0.2, -0.15) is 0 Å². The van der Waals surface area contributed by atoms with E-state index in [0.29, 0.717) is 38.5 Å². The van der Waals surface area contributed by atoms with E-state index in [1.165, 1.54) is 0 Å². The minimum Gasteiger partial charge on any atom is -0.387 e. The molecule has 2 saturated heterocycles. The number of aliphatic hydroxyl groups excluding tert-OH is 1. The van der Waals surface area contributed by atoms with Crippen molar-refractivity contribution in [1.82, 2.24) is 10.2 Å². The fraction of sp³-hybridized carbons (Fsp3) is 0.706. The van der Waals surface area contributed by atoms with Crippen molar-refractivity contribution in [2.24, 2.45) is 5.92 Å². The van der Waals surface area contributed by atoms with Gasteiger partial charge in [0.15, 0.2) is 0 Å². The number of thiophene rings is 1. The molecule has 2 N–H and O–H groups in total. The van der Waals surface area contributed by atoms with Gasteiger partial charge in [-0.3, -0.25) is 4.79 Å². The fourth-order valence-corrected chi connectivity index (χ4v) is 4.21. The topological polar surface area (TPSA) is 61.8 Å². The van der Waals surface area contributed by atoms with E-state index in [9.17, 15) is 9.90 Å². The maximum Gasteiger partial charge on any atom is 0.223 e. The SMILES string of the molecule is Cl.O=C(CC1CCNCC1)N1CCOCC1CC(O)c1cccs1.